The van der Waals surface area contributed by atoms with Gasteiger partial charge in [0.1, 0.15) is 0 Å². The molecule has 0 atom stereocenters. The van der Waals surface area contributed by atoms with Crippen molar-refractivity contribution >= 4 is 0 Å². The summed E-state index contributed by atoms with van der Waals surface area (Å²) in [6, 6.07) is 0.537. The summed E-state index contributed by atoms with van der Waals surface area (Å²) in [4.78, 5) is 4.42. The van der Waals surface area contributed by atoms with Crippen LogP contribution in [-0.4, -0.2) is 68.1 Å². The first kappa shape index (κ1) is 17.1. The van der Waals surface area contributed by atoms with E-state index in [9.17, 15) is 8.78 Å². The Morgan fingerprint density at radius 1 is 1.00 bits per heavy atom. The SMILES string of the molecule is CCN1CCC(CCNC2CCN(CC(F)F)CC2)CC1. The Labute approximate surface area is 128 Å². The normalized spacial score (nSPS) is 24.0. The van der Waals surface area contributed by atoms with E-state index in [4.69, 9.17) is 0 Å². The maximum Gasteiger partial charge on any atom is 0.251 e. The van der Waals surface area contributed by atoms with Gasteiger partial charge in [-0.2, -0.15) is 0 Å². The van der Waals surface area contributed by atoms with E-state index in [2.05, 4.69) is 17.1 Å². The Balaban J connectivity index is 1.52. The Morgan fingerprint density at radius 3 is 2.19 bits per heavy atom. The summed E-state index contributed by atoms with van der Waals surface area (Å²) in [5, 5.41) is 3.64. The fraction of sp³-hybridized carbons (Fsp3) is 1.00. The molecule has 2 fully saturated rings. The van der Waals surface area contributed by atoms with Crippen molar-refractivity contribution in [1.82, 2.24) is 15.1 Å². The fourth-order valence-corrected chi connectivity index (χ4v) is 3.60. The van der Waals surface area contributed by atoms with Crippen LogP contribution >= 0.6 is 0 Å². The minimum Gasteiger partial charge on any atom is -0.314 e. The van der Waals surface area contributed by atoms with Crippen molar-refractivity contribution in [2.45, 2.75) is 51.5 Å². The van der Waals surface area contributed by atoms with Gasteiger partial charge in [0, 0.05) is 6.04 Å². The summed E-state index contributed by atoms with van der Waals surface area (Å²) >= 11 is 0. The number of likely N-dealkylation sites (tertiary alicyclic amines) is 2. The molecule has 0 aromatic rings. The van der Waals surface area contributed by atoms with Crippen LogP contribution in [0.2, 0.25) is 0 Å². The first-order chi connectivity index (χ1) is 10.2. The summed E-state index contributed by atoms with van der Waals surface area (Å²) < 4.78 is 24.6. The molecule has 0 unspecified atom stereocenters. The van der Waals surface area contributed by atoms with Gasteiger partial charge >= 0.3 is 0 Å². The largest absolute Gasteiger partial charge is 0.314 e. The molecule has 5 heteroatoms. The summed E-state index contributed by atoms with van der Waals surface area (Å²) in [7, 11) is 0. The van der Waals surface area contributed by atoms with E-state index in [1.165, 1.54) is 38.9 Å². The minimum absolute atomic E-state index is 0.0529. The Morgan fingerprint density at radius 2 is 1.62 bits per heavy atom. The van der Waals surface area contributed by atoms with Gasteiger partial charge in [-0.3, -0.25) is 4.90 Å². The molecule has 3 nitrogen and oxygen atoms in total. The smallest absolute Gasteiger partial charge is 0.251 e. The van der Waals surface area contributed by atoms with E-state index in [1.54, 1.807) is 0 Å². The maximum atomic E-state index is 12.3. The van der Waals surface area contributed by atoms with Crippen LogP contribution in [-0.2, 0) is 0 Å². The predicted molar refractivity (Wildman–Crippen MR) is 82.9 cm³/mol. The van der Waals surface area contributed by atoms with E-state index < -0.39 is 6.43 Å². The van der Waals surface area contributed by atoms with Gasteiger partial charge in [0.25, 0.3) is 6.43 Å². The highest BCUT2D eigenvalue weighted by Gasteiger charge is 2.22. The first-order valence-electron chi connectivity index (χ1n) is 8.63. The number of rotatable bonds is 7. The second kappa shape index (κ2) is 9.01. The molecule has 0 aromatic carbocycles. The Bertz CT molecular complexity index is 273. The lowest BCUT2D eigenvalue weighted by atomic mass is 9.93. The van der Waals surface area contributed by atoms with Crippen LogP contribution in [0.1, 0.15) is 39.0 Å². The number of alkyl halides is 2. The van der Waals surface area contributed by atoms with Gasteiger partial charge in [0.05, 0.1) is 6.54 Å². The summed E-state index contributed by atoms with van der Waals surface area (Å²) in [6.07, 6.45) is 3.78. The minimum atomic E-state index is -2.19. The number of piperidine rings is 2. The molecule has 0 aliphatic carbocycles. The van der Waals surface area contributed by atoms with Gasteiger partial charge in [-0.05, 0) is 77.3 Å². The molecule has 0 radical (unpaired) electrons. The van der Waals surface area contributed by atoms with Crippen molar-refractivity contribution in [3.63, 3.8) is 0 Å². The number of hydrogen-bond donors (Lipinski definition) is 1. The second-order valence-corrected chi connectivity index (χ2v) is 6.59. The van der Waals surface area contributed by atoms with Crippen LogP contribution in [0.4, 0.5) is 8.78 Å². The summed E-state index contributed by atoms with van der Waals surface area (Å²) in [6.45, 7) is 8.61. The molecule has 0 spiro atoms. The van der Waals surface area contributed by atoms with Crippen molar-refractivity contribution in [2.75, 3.05) is 45.8 Å². The van der Waals surface area contributed by atoms with Crippen molar-refractivity contribution in [3.8, 4) is 0 Å². The fourth-order valence-electron chi connectivity index (χ4n) is 3.60. The highest BCUT2D eigenvalue weighted by Crippen LogP contribution is 2.20. The van der Waals surface area contributed by atoms with Crippen LogP contribution in [0, 0.1) is 5.92 Å². The van der Waals surface area contributed by atoms with Crippen molar-refractivity contribution in [1.29, 1.82) is 0 Å². The quantitative estimate of drug-likeness (QED) is 0.779. The molecular formula is C16H31F2N3. The van der Waals surface area contributed by atoms with Crippen LogP contribution < -0.4 is 5.32 Å². The van der Waals surface area contributed by atoms with Crippen molar-refractivity contribution in [2.24, 2.45) is 5.92 Å². The second-order valence-electron chi connectivity index (χ2n) is 6.59. The molecule has 124 valence electrons. The zero-order valence-electron chi connectivity index (χ0n) is 13.4. The van der Waals surface area contributed by atoms with E-state index in [0.29, 0.717) is 6.04 Å². The van der Waals surface area contributed by atoms with Crippen LogP contribution in [0.3, 0.4) is 0 Å². The molecule has 2 heterocycles. The third-order valence-electron chi connectivity index (χ3n) is 5.12. The molecular weight excluding hydrogens is 272 g/mol. The number of nitrogens with zero attached hydrogens (tertiary/aromatic N) is 2. The van der Waals surface area contributed by atoms with Gasteiger partial charge in [0.15, 0.2) is 0 Å². The molecule has 0 bridgehead atoms. The summed E-state index contributed by atoms with van der Waals surface area (Å²) in [5.74, 6) is 0.874. The molecule has 2 saturated heterocycles. The van der Waals surface area contributed by atoms with E-state index in [1.807, 2.05) is 4.90 Å². The highest BCUT2D eigenvalue weighted by molar-refractivity contribution is 4.78. The lowest BCUT2D eigenvalue weighted by molar-refractivity contribution is 0.0728. The van der Waals surface area contributed by atoms with Crippen molar-refractivity contribution < 1.29 is 8.78 Å². The Hall–Kier alpha value is -0.260. The molecule has 2 aliphatic heterocycles. The average Bonchev–Trinajstić information content (AvgIpc) is 2.49. The van der Waals surface area contributed by atoms with E-state index in [-0.39, 0.29) is 6.54 Å². The van der Waals surface area contributed by atoms with Crippen LogP contribution in [0.5, 0.6) is 0 Å². The Kier molecular flexibility index (Phi) is 7.34. The van der Waals surface area contributed by atoms with E-state index in [0.717, 1.165) is 38.4 Å². The molecule has 2 rings (SSSR count). The maximum absolute atomic E-state index is 12.3. The molecule has 0 amide bonds. The lowest BCUT2D eigenvalue weighted by Gasteiger charge is -2.33. The van der Waals surface area contributed by atoms with Crippen LogP contribution in [0.25, 0.3) is 0 Å². The lowest BCUT2D eigenvalue weighted by Crippen LogP contribution is -2.44. The van der Waals surface area contributed by atoms with Gasteiger partial charge in [-0.1, -0.05) is 6.92 Å². The topological polar surface area (TPSA) is 18.5 Å². The molecule has 0 aromatic heterocycles. The third-order valence-corrected chi connectivity index (χ3v) is 5.12. The number of nitrogens with one attached hydrogen (secondary N) is 1. The van der Waals surface area contributed by atoms with Crippen molar-refractivity contribution in [3.05, 3.63) is 0 Å². The van der Waals surface area contributed by atoms with Gasteiger partial charge in [-0.15, -0.1) is 0 Å². The zero-order chi connectivity index (χ0) is 15.1. The van der Waals surface area contributed by atoms with Crippen LogP contribution in [0.15, 0.2) is 0 Å². The number of halogens is 2. The first-order valence-corrected chi connectivity index (χ1v) is 8.63. The molecule has 2 aliphatic rings. The molecule has 1 N–H and O–H groups in total. The van der Waals surface area contributed by atoms with Gasteiger partial charge in [0.2, 0.25) is 0 Å². The van der Waals surface area contributed by atoms with Gasteiger partial charge in [-0.25, -0.2) is 8.78 Å². The predicted octanol–water partition coefficient (Wildman–Crippen LogP) is 2.43. The average molecular weight is 303 g/mol. The zero-order valence-corrected chi connectivity index (χ0v) is 13.4. The standard InChI is InChI=1S/C16H31F2N3/c1-2-20-9-4-14(5-10-20)3-8-19-15-6-11-21(12-7-15)13-16(17)18/h14-16,19H,2-13H2,1H3. The highest BCUT2D eigenvalue weighted by atomic mass is 19.3. The third kappa shape index (κ3) is 6.17. The van der Waals surface area contributed by atoms with E-state index >= 15 is 0 Å². The number of hydrogen-bond acceptors (Lipinski definition) is 3. The monoisotopic (exact) mass is 303 g/mol. The molecule has 21 heavy (non-hydrogen) atoms. The summed E-state index contributed by atoms with van der Waals surface area (Å²) in [5.41, 5.74) is 0. The van der Waals surface area contributed by atoms with Gasteiger partial charge < -0.3 is 10.2 Å². The molecule has 0 saturated carbocycles.